The number of benzene rings is 1. The molecule has 0 saturated heterocycles. The number of carbonyl (C=O) groups excluding carboxylic acids is 1. The van der Waals surface area contributed by atoms with Gasteiger partial charge < -0.3 is 5.32 Å². The van der Waals surface area contributed by atoms with E-state index in [-0.39, 0.29) is 5.91 Å². The first-order chi connectivity index (χ1) is 10.1. The van der Waals surface area contributed by atoms with Gasteiger partial charge in [-0.25, -0.2) is 0 Å². The van der Waals surface area contributed by atoms with Crippen molar-refractivity contribution in [2.75, 3.05) is 5.32 Å². The number of pyridine rings is 1. The highest BCUT2D eigenvalue weighted by Crippen LogP contribution is 2.22. The number of rotatable bonds is 2. The smallest absolute Gasteiger partial charge is 0.256 e. The summed E-state index contributed by atoms with van der Waals surface area (Å²) in [5.41, 5.74) is 3.97. The molecular formula is C16H16N4O. The van der Waals surface area contributed by atoms with Gasteiger partial charge in [-0.3, -0.25) is 14.5 Å². The van der Waals surface area contributed by atoms with Crippen LogP contribution in [0.1, 0.15) is 21.6 Å². The molecule has 1 amide bonds. The van der Waals surface area contributed by atoms with Gasteiger partial charge in [0, 0.05) is 18.6 Å². The largest absolute Gasteiger partial charge is 0.319 e. The zero-order chi connectivity index (χ0) is 15.0. The number of nitrogens with zero attached hydrogens (tertiary/aromatic N) is 3. The zero-order valence-corrected chi connectivity index (χ0v) is 12.2. The van der Waals surface area contributed by atoms with Crippen LogP contribution in [0.3, 0.4) is 0 Å². The van der Waals surface area contributed by atoms with E-state index < -0.39 is 0 Å². The van der Waals surface area contributed by atoms with Crippen molar-refractivity contribution in [3.63, 3.8) is 0 Å². The minimum Gasteiger partial charge on any atom is -0.319 e. The number of amides is 1. The van der Waals surface area contributed by atoms with E-state index in [1.54, 1.807) is 17.1 Å². The molecule has 1 N–H and O–H groups in total. The van der Waals surface area contributed by atoms with Crippen molar-refractivity contribution in [3.8, 4) is 0 Å². The molecule has 0 radical (unpaired) electrons. The average Bonchev–Trinajstić information content (AvgIpc) is 2.79. The maximum atomic E-state index is 12.6. The Labute approximate surface area is 122 Å². The van der Waals surface area contributed by atoms with Crippen LogP contribution < -0.4 is 5.32 Å². The Kier molecular flexibility index (Phi) is 3.17. The van der Waals surface area contributed by atoms with E-state index in [2.05, 4.69) is 15.4 Å². The van der Waals surface area contributed by atoms with Crippen molar-refractivity contribution in [3.05, 3.63) is 53.5 Å². The molecule has 106 valence electrons. The van der Waals surface area contributed by atoms with Gasteiger partial charge in [0.1, 0.15) is 0 Å². The summed E-state index contributed by atoms with van der Waals surface area (Å²) < 4.78 is 1.73. The van der Waals surface area contributed by atoms with E-state index in [1.807, 2.05) is 45.2 Å². The summed E-state index contributed by atoms with van der Waals surface area (Å²) in [7, 11) is 1.85. The third-order valence-corrected chi connectivity index (χ3v) is 3.68. The van der Waals surface area contributed by atoms with Gasteiger partial charge in [0.25, 0.3) is 5.91 Å². The number of para-hydroxylation sites is 1. The molecule has 0 aliphatic rings. The second kappa shape index (κ2) is 5.01. The third-order valence-electron chi connectivity index (χ3n) is 3.68. The van der Waals surface area contributed by atoms with Gasteiger partial charge in [-0.15, -0.1) is 0 Å². The molecule has 0 spiro atoms. The molecule has 2 aromatic heterocycles. The van der Waals surface area contributed by atoms with Crippen LogP contribution in [0, 0.1) is 13.8 Å². The van der Waals surface area contributed by atoms with E-state index in [9.17, 15) is 4.79 Å². The molecule has 0 bridgehead atoms. The molecule has 3 aromatic rings. The molecule has 0 fully saturated rings. The number of aromatic nitrogens is 3. The standard InChI is InChI=1S/C16H16N4O/c1-10-8-17-13-7-5-4-6-12(13)15(10)16(21)19-14-9-18-20(3)11(14)2/h4-9H,1-3H3,(H,19,21). The minimum atomic E-state index is -0.137. The van der Waals surface area contributed by atoms with Crippen molar-refractivity contribution in [1.82, 2.24) is 14.8 Å². The highest BCUT2D eigenvalue weighted by molar-refractivity contribution is 6.13. The molecule has 3 rings (SSSR count). The van der Waals surface area contributed by atoms with Crippen molar-refractivity contribution >= 4 is 22.5 Å². The number of nitrogens with one attached hydrogen (secondary N) is 1. The van der Waals surface area contributed by atoms with Gasteiger partial charge in [-0.05, 0) is 25.5 Å². The molecule has 2 heterocycles. The number of hydrogen-bond donors (Lipinski definition) is 1. The summed E-state index contributed by atoms with van der Waals surface area (Å²) in [6.45, 7) is 3.81. The van der Waals surface area contributed by atoms with Crippen molar-refractivity contribution < 1.29 is 4.79 Å². The Hall–Kier alpha value is -2.69. The Morgan fingerprint density at radius 3 is 2.67 bits per heavy atom. The van der Waals surface area contributed by atoms with E-state index >= 15 is 0 Å². The summed E-state index contributed by atoms with van der Waals surface area (Å²) in [5.74, 6) is -0.137. The number of anilines is 1. The van der Waals surface area contributed by atoms with Crippen molar-refractivity contribution in [2.24, 2.45) is 7.05 Å². The fourth-order valence-corrected chi connectivity index (χ4v) is 2.35. The normalized spacial score (nSPS) is 10.8. The van der Waals surface area contributed by atoms with E-state index in [1.165, 1.54) is 0 Å². The van der Waals surface area contributed by atoms with Crippen LogP contribution in [-0.2, 0) is 7.05 Å². The lowest BCUT2D eigenvalue weighted by molar-refractivity contribution is 0.102. The molecule has 0 unspecified atom stereocenters. The maximum absolute atomic E-state index is 12.6. The number of carbonyl (C=O) groups is 1. The van der Waals surface area contributed by atoms with Crippen molar-refractivity contribution in [2.45, 2.75) is 13.8 Å². The zero-order valence-electron chi connectivity index (χ0n) is 12.2. The number of fused-ring (bicyclic) bond motifs is 1. The summed E-state index contributed by atoms with van der Waals surface area (Å²) in [5, 5.41) is 7.93. The first kappa shape index (κ1) is 13.3. The third kappa shape index (κ3) is 2.27. The molecule has 0 aliphatic heterocycles. The first-order valence-electron chi connectivity index (χ1n) is 6.72. The second-order valence-corrected chi connectivity index (χ2v) is 5.05. The molecule has 21 heavy (non-hydrogen) atoms. The lowest BCUT2D eigenvalue weighted by Crippen LogP contribution is -2.15. The highest BCUT2D eigenvalue weighted by atomic mass is 16.1. The molecular weight excluding hydrogens is 264 g/mol. The number of aryl methyl sites for hydroxylation is 2. The predicted molar refractivity (Wildman–Crippen MR) is 82.4 cm³/mol. The summed E-state index contributed by atoms with van der Waals surface area (Å²) in [4.78, 5) is 17.0. The van der Waals surface area contributed by atoms with Crippen LogP contribution in [0.15, 0.2) is 36.7 Å². The fraction of sp³-hybridized carbons (Fsp3) is 0.188. The minimum absolute atomic E-state index is 0.137. The molecule has 0 aliphatic carbocycles. The van der Waals surface area contributed by atoms with Gasteiger partial charge in [0.15, 0.2) is 0 Å². The number of hydrogen-bond acceptors (Lipinski definition) is 3. The van der Waals surface area contributed by atoms with E-state index in [0.29, 0.717) is 5.56 Å². The Morgan fingerprint density at radius 2 is 1.95 bits per heavy atom. The van der Waals surface area contributed by atoms with Gasteiger partial charge in [-0.1, -0.05) is 18.2 Å². The molecule has 5 nitrogen and oxygen atoms in total. The Bertz CT molecular complexity index is 835. The van der Waals surface area contributed by atoms with Gasteiger partial charge in [-0.2, -0.15) is 5.10 Å². The summed E-state index contributed by atoms with van der Waals surface area (Å²) in [6, 6.07) is 7.65. The monoisotopic (exact) mass is 280 g/mol. The van der Waals surface area contributed by atoms with Crippen LogP contribution in [0.25, 0.3) is 10.9 Å². The van der Waals surface area contributed by atoms with Crippen molar-refractivity contribution in [1.29, 1.82) is 0 Å². The molecule has 0 saturated carbocycles. The maximum Gasteiger partial charge on any atom is 0.256 e. The van der Waals surface area contributed by atoms with Crippen LogP contribution in [0.5, 0.6) is 0 Å². The Morgan fingerprint density at radius 1 is 1.19 bits per heavy atom. The topological polar surface area (TPSA) is 59.8 Å². The molecule has 0 atom stereocenters. The van der Waals surface area contributed by atoms with Crippen LogP contribution in [0.2, 0.25) is 0 Å². The van der Waals surface area contributed by atoms with E-state index in [0.717, 1.165) is 27.8 Å². The van der Waals surface area contributed by atoms with Crippen LogP contribution >= 0.6 is 0 Å². The summed E-state index contributed by atoms with van der Waals surface area (Å²) in [6.07, 6.45) is 3.39. The molecule has 1 aromatic carbocycles. The quantitative estimate of drug-likeness (QED) is 0.785. The van der Waals surface area contributed by atoms with Gasteiger partial charge in [0.05, 0.1) is 28.7 Å². The Balaban J connectivity index is 2.05. The SMILES string of the molecule is Cc1cnc2ccccc2c1C(=O)Nc1cnn(C)c1C. The van der Waals surface area contributed by atoms with E-state index in [4.69, 9.17) is 0 Å². The predicted octanol–water partition coefficient (Wildman–Crippen LogP) is 2.84. The van der Waals surface area contributed by atoms with Gasteiger partial charge >= 0.3 is 0 Å². The first-order valence-corrected chi connectivity index (χ1v) is 6.72. The molecule has 5 heteroatoms. The second-order valence-electron chi connectivity index (χ2n) is 5.05. The van der Waals surface area contributed by atoms with Gasteiger partial charge in [0.2, 0.25) is 0 Å². The highest BCUT2D eigenvalue weighted by Gasteiger charge is 2.16. The fourth-order valence-electron chi connectivity index (χ4n) is 2.35. The van der Waals surface area contributed by atoms with Crippen LogP contribution in [0.4, 0.5) is 5.69 Å². The average molecular weight is 280 g/mol. The summed E-state index contributed by atoms with van der Waals surface area (Å²) >= 11 is 0. The van der Waals surface area contributed by atoms with Crippen LogP contribution in [-0.4, -0.2) is 20.7 Å². The lowest BCUT2D eigenvalue weighted by Gasteiger charge is -2.10. The lowest BCUT2D eigenvalue weighted by atomic mass is 10.0.